The number of esters is 1. The molecule has 0 aromatic heterocycles. The summed E-state index contributed by atoms with van der Waals surface area (Å²) in [6.45, 7) is 9.66. The van der Waals surface area contributed by atoms with Gasteiger partial charge in [0.15, 0.2) is 0 Å². The van der Waals surface area contributed by atoms with Crippen LogP contribution in [-0.2, 0) is 9.53 Å². The lowest BCUT2D eigenvalue weighted by Gasteiger charge is -2.23. The van der Waals surface area contributed by atoms with Crippen molar-refractivity contribution < 1.29 is 9.53 Å². The summed E-state index contributed by atoms with van der Waals surface area (Å²) in [5, 5.41) is 9.55. The van der Waals surface area contributed by atoms with E-state index in [2.05, 4.69) is 13.0 Å². The molecule has 0 spiro atoms. The zero-order chi connectivity index (χ0) is 22.2. The monoisotopic (exact) mass is 459 g/mol. The van der Waals surface area contributed by atoms with Crippen molar-refractivity contribution in [3.05, 3.63) is 0 Å². The lowest BCUT2D eigenvalue weighted by Crippen LogP contribution is -2.26. The van der Waals surface area contributed by atoms with E-state index in [1.165, 1.54) is 76.0 Å². The van der Waals surface area contributed by atoms with Crippen molar-refractivity contribution in [1.29, 1.82) is 5.26 Å². The first-order valence-corrected chi connectivity index (χ1v) is 13.3. The average molecular weight is 460 g/mol. The SMILES string of the molecule is CCCCCCCCCCCCSC(=S)SC(C)(C#N)CCC(=O)OC(C)(C)C. The minimum absolute atomic E-state index is 0.236. The van der Waals surface area contributed by atoms with Gasteiger partial charge in [0, 0.05) is 6.42 Å². The lowest BCUT2D eigenvalue weighted by molar-refractivity contribution is -0.154. The first-order chi connectivity index (χ1) is 13.6. The second kappa shape index (κ2) is 16.4. The number of hydrogen-bond acceptors (Lipinski definition) is 6. The Hall–Kier alpha value is -0.250. The van der Waals surface area contributed by atoms with Crippen LogP contribution in [0.15, 0.2) is 0 Å². The Labute approximate surface area is 193 Å². The van der Waals surface area contributed by atoms with Crippen molar-refractivity contribution >= 4 is 45.2 Å². The van der Waals surface area contributed by atoms with Gasteiger partial charge in [-0.15, -0.1) is 11.8 Å². The van der Waals surface area contributed by atoms with Crippen LogP contribution in [0.3, 0.4) is 0 Å². The highest BCUT2D eigenvalue weighted by atomic mass is 32.2. The largest absolute Gasteiger partial charge is 0.460 e. The van der Waals surface area contributed by atoms with Crippen LogP contribution >= 0.6 is 35.7 Å². The Morgan fingerprint density at radius 3 is 1.97 bits per heavy atom. The summed E-state index contributed by atoms with van der Waals surface area (Å²) in [6, 6.07) is 2.32. The van der Waals surface area contributed by atoms with Crippen LogP contribution in [0, 0.1) is 11.3 Å². The second-order valence-corrected chi connectivity index (χ2v) is 12.6. The van der Waals surface area contributed by atoms with Crippen LogP contribution in [-0.4, -0.2) is 25.6 Å². The molecule has 0 saturated carbocycles. The standard InChI is InChI=1S/C23H41NO2S3/c1-6-7-8-9-10-11-12-13-14-15-18-28-21(27)29-23(5,19-24)17-16-20(25)26-22(2,3)4/h6-18H2,1-5H3. The van der Waals surface area contributed by atoms with Crippen LogP contribution < -0.4 is 0 Å². The van der Waals surface area contributed by atoms with Gasteiger partial charge in [-0.1, -0.05) is 88.7 Å². The first-order valence-electron chi connectivity index (χ1n) is 11.1. The molecular formula is C23H41NO2S3. The van der Waals surface area contributed by atoms with Crippen molar-refractivity contribution in [2.75, 3.05) is 5.75 Å². The maximum absolute atomic E-state index is 11.9. The number of thioether (sulfide) groups is 2. The molecule has 29 heavy (non-hydrogen) atoms. The van der Waals surface area contributed by atoms with Gasteiger partial charge in [0.25, 0.3) is 0 Å². The molecule has 0 amide bonds. The van der Waals surface area contributed by atoms with E-state index in [1.807, 2.05) is 27.7 Å². The molecule has 0 aliphatic heterocycles. The number of unbranched alkanes of at least 4 members (excludes halogenated alkanes) is 9. The van der Waals surface area contributed by atoms with Crippen LogP contribution in [0.4, 0.5) is 0 Å². The summed E-state index contributed by atoms with van der Waals surface area (Å²) in [5.74, 6) is 0.749. The predicted molar refractivity (Wildman–Crippen MR) is 134 cm³/mol. The van der Waals surface area contributed by atoms with Gasteiger partial charge in [-0.25, -0.2) is 0 Å². The molecule has 0 saturated heterocycles. The van der Waals surface area contributed by atoms with Crippen LogP contribution in [0.1, 0.15) is 112 Å². The van der Waals surface area contributed by atoms with Crippen LogP contribution in [0.2, 0.25) is 0 Å². The first kappa shape index (κ1) is 28.8. The molecule has 168 valence electrons. The van der Waals surface area contributed by atoms with Gasteiger partial charge < -0.3 is 4.74 Å². The molecule has 0 fully saturated rings. The highest BCUT2D eigenvalue weighted by Crippen LogP contribution is 2.35. The number of hydrogen-bond donors (Lipinski definition) is 0. The number of rotatable bonds is 15. The third-order valence-corrected chi connectivity index (χ3v) is 7.34. The van der Waals surface area contributed by atoms with E-state index in [9.17, 15) is 10.1 Å². The quantitative estimate of drug-likeness (QED) is 0.140. The molecular weight excluding hydrogens is 418 g/mol. The molecule has 1 unspecified atom stereocenters. The molecule has 0 N–H and O–H groups in total. The second-order valence-electron chi connectivity index (χ2n) is 8.81. The highest BCUT2D eigenvalue weighted by molar-refractivity contribution is 8.47. The molecule has 0 aromatic carbocycles. The van der Waals surface area contributed by atoms with Crippen LogP contribution in [0.25, 0.3) is 0 Å². The average Bonchev–Trinajstić information content (AvgIpc) is 2.63. The van der Waals surface area contributed by atoms with Crippen molar-refractivity contribution in [3.8, 4) is 6.07 Å². The Bertz CT molecular complexity index is 511. The van der Waals surface area contributed by atoms with E-state index in [4.69, 9.17) is 17.0 Å². The van der Waals surface area contributed by atoms with Crippen molar-refractivity contribution in [1.82, 2.24) is 0 Å². The smallest absolute Gasteiger partial charge is 0.306 e. The molecule has 0 aliphatic carbocycles. The summed E-state index contributed by atoms with van der Waals surface area (Å²) < 4.78 is 5.45. The van der Waals surface area contributed by atoms with Gasteiger partial charge in [-0.2, -0.15) is 5.26 Å². The summed E-state index contributed by atoms with van der Waals surface area (Å²) >= 11 is 8.55. The number of nitrogens with zero attached hydrogens (tertiary/aromatic N) is 1. The number of carbonyl (C=O) groups is 1. The zero-order valence-electron chi connectivity index (χ0n) is 19.2. The van der Waals surface area contributed by atoms with E-state index >= 15 is 0 Å². The zero-order valence-corrected chi connectivity index (χ0v) is 21.6. The fraction of sp³-hybridized carbons (Fsp3) is 0.870. The number of carbonyl (C=O) groups excluding carboxylic acids is 1. The Kier molecular flexibility index (Phi) is 16.3. The molecule has 0 rings (SSSR count). The third kappa shape index (κ3) is 18.3. The summed E-state index contributed by atoms with van der Waals surface area (Å²) in [7, 11) is 0. The maximum atomic E-state index is 11.9. The van der Waals surface area contributed by atoms with E-state index in [0.29, 0.717) is 6.42 Å². The van der Waals surface area contributed by atoms with Gasteiger partial charge in [-0.3, -0.25) is 4.79 Å². The van der Waals surface area contributed by atoms with Gasteiger partial charge >= 0.3 is 5.97 Å². The lowest BCUT2D eigenvalue weighted by atomic mass is 10.1. The Morgan fingerprint density at radius 2 is 1.48 bits per heavy atom. The Morgan fingerprint density at radius 1 is 0.966 bits per heavy atom. The Balaban J connectivity index is 3.87. The summed E-state index contributed by atoms with van der Waals surface area (Å²) in [4.78, 5) is 11.9. The molecule has 0 heterocycles. The molecule has 0 aliphatic rings. The molecule has 3 nitrogen and oxygen atoms in total. The molecule has 0 aromatic rings. The molecule has 0 bridgehead atoms. The number of thiocarbonyl (C=S) groups is 1. The van der Waals surface area contributed by atoms with Crippen molar-refractivity contribution in [3.63, 3.8) is 0 Å². The normalized spacial score (nSPS) is 13.5. The van der Waals surface area contributed by atoms with Crippen molar-refractivity contribution in [2.24, 2.45) is 0 Å². The summed E-state index contributed by atoms with van der Waals surface area (Å²) in [6.07, 6.45) is 14.0. The van der Waals surface area contributed by atoms with E-state index < -0.39 is 10.3 Å². The topological polar surface area (TPSA) is 50.1 Å². The van der Waals surface area contributed by atoms with Gasteiger partial charge in [-0.05, 0) is 46.3 Å². The predicted octanol–water partition coefficient (Wildman–Crippen LogP) is 8.06. The summed E-state index contributed by atoms with van der Waals surface area (Å²) in [5.41, 5.74) is -0.493. The molecule has 6 heteroatoms. The maximum Gasteiger partial charge on any atom is 0.306 e. The van der Waals surface area contributed by atoms with E-state index in [0.717, 1.165) is 9.28 Å². The fourth-order valence-electron chi connectivity index (χ4n) is 2.82. The molecule has 0 radical (unpaired) electrons. The van der Waals surface area contributed by atoms with E-state index in [1.54, 1.807) is 11.8 Å². The minimum atomic E-state index is -0.682. The minimum Gasteiger partial charge on any atom is -0.460 e. The van der Waals surface area contributed by atoms with E-state index in [-0.39, 0.29) is 12.4 Å². The van der Waals surface area contributed by atoms with Crippen molar-refractivity contribution in [2.45, 2.75) is 122 Å². The number of ether oxygens (including phenoxy) is 1. The van der Waals surface area contributed by atoms with Gasteiger partial charge in [0.1, 0.15) is 13.9 Å². The molecule has 1 atom stereocenters. The fourth-order valence-corrected chi connectivity index (χ4v) is 5.79. The van der Waals surface area contributed by atoms with Gasteiger partial charge in [0.2, 0.25) is 0 Å². The third-order valence-electron chi connectivity index (χ3n) is 4.49. The number of nitriles is 1. The van der Waals surface area contributed by atoms with Gasteiger partial charge in [0.05, 0.1) is 6.07 Å². The highest BCUT2D eigenvalue weighted by Gasteiger charge is 2.29. The van der Waals surface area contributed by atoms with Crippen LogP contribution in [0.5, 0.6) is 0 Å².